The first-order chi connectivity index (χ1) is 10.1. The summed E-state index contributed by atoms with van der Waals surface area (Å²) in [5.41, 5.74) is 1.92. The molecule has 1 amide bonds. The Hall–Kier alpha value is -2.29. The molecule has 0 unspecified atom stereocenters. The number of rotatable bonds is 5. The molecule has 2 rings (SSSR count). The zero-order chi connectivity index (χ0) is 15.2. The van der Waals surface area contributed by atoms with Crippen LogP contribution in [-0.4, -0.2) is 19.1 Å². The number of para-hydroxylation sites is 1. The molecule has 0 saturated heterocycles. The fourth-order valence-corrected chi connectivity index (χ4v) is 2.32. The summed E-state index contributed by atoms with van der Waals surface area (Å²) in [7, 11) is 1.63. The van der Waals surface area contributed by atoms with Gasteiger partial charge in [0, 0.05) is 11.7 Å². The van der Waals surface area contributed by atoms with Crippen molar-refractivity contribution in [2.75, 3.05) is 12.0 Å². The molecule has 0 spiro atoms. The van der Waals surface area contributed by atoms with E-state index < -0.39 is 0 Å². The van der Waals surface area contributed by atoms with Gasteiger partial charge in [0.2, 0.25) is 5.91 Å². The van der Waals surface area contributed by atoms with Crippen LogP contribution < -0.4 is 9.64 Å². The number of hydrogen-bond donors (Lipinski definition) is 0. The van der Waals surface area contributed by atoms with Crippen LogP contribution in [0, 0.1) is 0 Å². The van der Waals surface area contributed by atoms with Crippen molar-refractivity contribution in [2.45, 2.75) is 26.3 Å². The average Bonchev–Trinajstić information content (AvgIpc) is 2.49. The Balaban J connectivity index is 2.15. The van der Waals surface area contributed by atoms with Crippen molar-refractivity contribution in [3.8, 4) is 5.75 Å². The number of carbonyl (C=O) groups excluding carboxylic acids is 1. The first kappa shape index (κ1) is 15.1. The highest BCUT2D eigenvalue weighted by molar-refractivity contribution is 5.95. The number of amides is 1. The molecular formula is C18H21NO2. The maximum Gasteiger partial charge on any atom is 0.231 e. The largest absolute Gasteiger partial charge is 0.497 e. The molecular weight excluding hydrogens is 262 g/mol. The molecule has 0 aliphatic carbocycles. The summed E-state index contributed by atoms with van der Waals surface area (Å²) in [6.45, 7) is 4.05. The number of carbonyl (C=O) groups is 1. The van der Waals surface area contributed by atoms with Gasteiger partial charge in [-0.05, 0) is 43.7 Å². The summed E-state index contributed by atoms with van der Waals surface area (Å²) in [4.78, 5) is 14.4. The van der Waals surface area contributed by atoms with Gasteiger partial charge < -0.3 is 9.64 Å². The molecule has 21 heavy (non-hydrogen) atoms. The minimum absolute atomic E-state index is 0.0985. The van der Waals surface area contributed by atoms with Crippen molar-refractivity contribution in [1.82, 2.24) is 0 Å². The summed E-state index contributed by atoms with van der Waals surface area (Å²) in [6, 6.07) is 17.5. The highest BCUT2D eigenvalue weighted by Gasteiger charge is 2.18. The predicted octanol–water partition coefficient (Wildman–Crippen LogP) is 3.68. The van der Waals surface area contributed by atoms with Crippen molar-refractivity contribution < 1.29 is 9.53 Å². The Morgan fingerprint density at radius 1 is 1.05 bits per heavy atom. The molecule has 0 atom stereocenters. The lowest BCUT2D eigenvalue weighted by Gasteiger charge is -2.27. The quantitative estimate of drug-likeness (QED) is 0.837. The van der Waals surface area contributed by atoms with Gasteiger partial charge in [0.15, 0.2) is 0 Å². The van der Waals surface area contributed by atoms with E-state index in [1.54, 1.807) is 7.11 Å². The number of hydrogen-bond acceptors (Lipinski definition) is 2. The van der Waals surface area contributed by atoms with E-state index in [0.717, 1.165) is 17.0 Å². The molecule has 0 bridgehead atoms. The maximum atomic E-state index is 12.6. The van der Waals surface area contributed by atoms with E-state index in [1.807, 2.05) is 73.3 Å². The molecule has 0 aromatic heterocycles. The van der Waals surface area contributed by atoms with Gasteiger partial charge in [0.25, 0.3) is 0 Å². The van der Waals surface area contributed by atoms with Crippen LogP contribution in [-0.2, 0) is 11.2 Å². The Morgan fingerprint density at radius 3 is 2.19 bits per heavy atom. The molecule has 0 aliphatic heterocycles. The lowest BCUT2D eigenvalue weighted by Crippen LogP contribution is -2.38. The van der Waals surface area contributed by atoms with Gasteiger partial charge in [0.05, 0.1) is 13.5 Å². The standard InChI is InChI=1S/C18H21NO2/c1-14(2)19(16-7-5-4-6-8-16)18(20)13-15-9-11-17(21-3)12-10-15/h4-12,14H,13H2,1-3H3. The lowest BCUT2D eigenvalue weighted by molar-refractivity contribution is -0.118. The Kier molecular flexibility index (Phi) is 4.99. The maximum absolute atomic E-state index is 12.6. The number of nitrogens with zero attached hydrogens (tertiary/aromatic N) is 1. The highest BCUT2D eigenvalue weighted by atomic mass is 16.5. The van der Waals surface area contributed by atoms with Gasteiger partial charge in [-0.3, -0.25) is 4.79 Å². The van der Waals surface area contributed by atoms with E-state index in [1.165, 1.54) is 0 Å². The molecule has 0 aliphatic rings. The smallest absolute Gasteiger partial charge is 0.231 e. The van der Waals surface area contributed by atoms with E-state index >= 15 is 0 Å². The van der Waals surface area contributed by atoms with E-state index in [0.29, 0.717) is 6.42 Å². The molecule has 0 fully saturated rings. The van der Waals surface area contributed by atoms with E-state index in [2.05, 4.69) is 0 Å². The third-order valence-electron chi connectivity index (χ3n) is 3.33. The number of anilines is 1. The normalized spacial score (nSPS) is 10.5. The number of ether oxygens (including phenoxy) is 1. The fourth-order valence-electron chi connectivity index (χ4n) is 2.32. The molecule has 0 saturated carbocycles. The monoisotopic (exact) mass is 283 g/mol. The molecule has 3 nitrogen and oxygen atoms in total. The van der Waals surface area contributed by atoms with E-state index in [4.69, 9.17) is 4.74 Å². The van der Waals surface area contributed by atoms with Crippen LogP contribution in [0.25, 0.3) is 0 Å². The zero-order valence-electron chi connectivity index (χ0n) is 12.7. The Labute approximate surface area is 126 Å². The minimum atomic E-state index is 0.0985. The lowest BCUT2D eigenvalue weighted by atomic mass is 10.1. The van der Waals surface area contributed by atoms with Crippen LogP contribution in [0.4, 0.5) is 5.69 Å². The summed E-state index contributed by atoms with van der Waals surface area (Å²) in [5, 5.41) is 0. The second kappa shape index (κ2) is 6.93. The average molecular weight is 283 g/mol. The third kappa shape index (κ3) is 3.85. The Morgan fingerprint density at radius 2 is 1.67 bits per heavy atom. The van der Waals surface area contributed by atoms with Gasteiger partial charge in [-0.15, -0.1) is 0 Å². The minimum Gasteiger partial charge on any atom is -0.497 e. The first-order valence-electron chi connectivity index (χ1n) is 7.12. The van der Waals surface area contributed by atoms with Gasteiger partial charge in [0.1, 0.15) is 5.75 Å². The molecule has 2 aromatic carbocycles. The van der Waals surface area contributed by atoms with E-state index in [9.17, 15) is 4.79 Å². The molecule has 0 heterocycles. The summed E-state index contributed by atoms with van der Waals surface area (Å²) < 4.78 is 5.13. The fraction of sp³-hybridized carbons (Fsp3) is 0.278. The summed E-state index contributed by atoms with van der Waals surface area (Å²) in [6.07, 6.45) is 0.386. The van der Waals surface area contributed by atoms with Crippen LogP contribution in [0.15, 0.2) is 54.6 Å². The molecule has 110 valence electrons. The van der Waals surface area contributed by atoms with Gasteiger partial charge in [-0.2, -0.15) is 0 Å². The van der Waals surface area contributed by atoms with Crippen LogP contribution in [0.1, 0.15) is 19.4 Å². The predicted molar refractivity (Wildman–Crippen MR) is 85.8 cm³/mol. The zero-order valence-corrected chi connectivity index (χ0v) is 12.7. The van der Waals surface area contributed by atoms with E-state index in [-0.39, 0.29) is 11.9 Å². The third-order valence-corrected chi connectivity index (χ3v) is 3.33. The topological polar surface area (TPSA) is 29.5 Å². The number of methoxy groups -OCH3 is 1. The van der Waals surface area contributed by atoms with Gasteiger partial charge in [-0.1, -0.05) is 30.3 Å². The Bertz CT molecular complexity index is 576. The van der Waals surface area contributed by atoms with Crippen LogP contribution in [0.3, 0.4) is 0 Å². The van der Waals surface area contributed by atoms with Gasteiger partial charge in [-0.25, -0.2) is 0 Å². The van der Waals surface area contributed by atoms with Crippen molar-refractivity contribution in [3.05, 3.63) is 60.2 Å². The molecule has 3 heteroatoms. The molecule has 0 N–H and O–H groups in total. The van der Waals surface area contributed by atoms with Crippen LogP contribution in [0.5, 0.6) is 5.75 Å². The van der Waals surface area contributed by atoms with Crippen molar-refractivity contribution in [1.29, 1.82) is 0 Å². The SMILES string of the molecule is COc1ccc(CC(=O)N(c2ccccc2)C(C)C)cc1. The highest BCUT2D eigenvalue weighted by Crippen LogP contribution is 2.19. The number of benzene rings is 2. The molecule has 2 aromatic rings. The van der Waals surface area contributed by atoms with Gasteiger partial charge >= 0.3 is 0 Å². The second-order valence-corrected chi connectivity index (χ2v) is 5.22. The second-order valence-electron chi connectivity index (χ2n) is 5.22. The van der Waals surface area contributed by atoms with Crippen molar-refractivity contribution in [2.24, 2.45) is 0 Å². The van der Waals surface area contributed by atoms with Crippen molar-refractivity contribution >= 4 is 11.6 Å². The van der Waals surface area contributed by atoms with Crippen molar-refractivity contribution in [3.63, 3.8) is 0 Å². The van der Waals surface area contributed by atoms with Crippen LogP contribution in [0.2, 0.25) is 0 Å². The summed E-state index contributed by atoms with van der Waals surface area (Å²) >= 11 is 0. The molecule has 0 radical (unpaired) electrons. The van der Waals surface area contributed by atoms with Crippen LogP contribution >= 0.6 is 0 Å². The summed E-state index contributed by atoms with van der Waals surface area (Å²) in [5.74, 6) is 0.899. The first-order valence-corrected chi connectivity index (χ1v) is 7.12.